The van der Waals surface area contributed by atoms with Gasteiger partial charge < -0.3 is 15.5 Å². The molecule has 134 valence electrons. The smallest absolute Gasteiger partial charge is 0.315 e. The second kappa shape index (κ2) is 8.00. The third-order valence-electron chi connectivity index (χ3n) is 4.49. The van der Waals surface area contributed by atoms with E-state index in [0.29, 0.717) is 6.54 Å². The van der Waals surface area contributed by atoms with E-state index in [4.69, 9.17) is 0 Å². The van der Waals surface area contributed by atoms with Gasteiger partial charge in [0.25, 0.3) is 0 Å². The van der Waals surface area contributed by atoms with Crippen LogP contribution in [0.2, 0.25) is 0 Å². The molecule has 1 fully saturated rings. The lowest BCUT2D eigenvalue weighted by Gasteiger charge is -2.34. The summed E-state index contributed by atoms with van der Waals surface area (Å²) >= 11 is 0. The van der Waals surface area contributed by atoms with E-state index in [1.54, 1.807) is 6.20 Å². The first-order chi connectivity index (χ1) is 12.1. The zero-order valence-corrected chi connectivity index (χ0v) is 14.9. The number of anilines is 1. The average Bonchev–Trinajstić information content (AvgIpc) is 3.01. The number of urea groups is 1. The fourth-order valence-corrected chi connectivity index (χ4v) is 3.26. The zero-order chi connectivity index (χ0) is 17.6. The molecule has 1 atom stereocenters. The van der Waals surface area contributed by atoms with E-state index in [1.807, 2.05) is 42.9 Å². The zero-order valence-electron chi connectivity index (χ0n) is 14.9. The molecular weight excluding hydrogens is 316 g/mol. The van der Waals surface area contributed by atoms with Gasteiger partial charge in [-0.3, -0.25) is 9.67 Å². The fraction of sp³-hybridized carbons (Fsp3) is 0.500. The summed E-state index contributed by atoms with van der Waals surface area (Å²) in [7, 11) is 1.94. The van der Waals surface area contributed by atoms with Crippen LogP contribution in [0.15, 0.2) is 30.5 Å². The number of hydrogen-bond acceptors (Lipinski definition) is 4. The summed E-state index contributed by atoms with van der Waals surface area (Å²) in [5.41, 5.74) is 2.00. The molecule has 2 aromatic heterocycles. The van der Waals surface area contributed by atoms with Crippen LogP contribution in [0.1, 0.15) is 24.2 Å². The largest absolute Gasteiger partial charge is 0.355 e. The molecule has 2 amide bonds. The van der Waals surface area contributed by atoms with E-state index in [0.717, 1.165) is 49.6 Å². The topological polar surface area (TPSA) is 75.1 Å². The van der Waals surface area contributed by atoms with Crippen molar-refractivity contribution in [1.29, 1.82) is 0 Å². The van der Waals surface area contributed by atoms with Gasteiger partial charge in [-0.25, -0.2) is 4.79 Å². The van der Waals surface area contributed by atoms with Crippen molar-refractivity contribution in [3.05, 3.63) is 41.9 Å². The van der Waals surface area contributed by atoms with Gasteiger partial charge in [-0.1, -0.05) is 6.07 Å². The van der Waals surface area contributed by atoms with Crippen molar-refractivity contribution in [3.63, 3.8) is 0 Å². The number of rotatable bonds is 5. The predicted molar refractivity (Wildman–Crippen MR) is 97.7 cm³/mol. The van der Waals surface area contributed by atoms with Crippen LogP contribution in [0.25, 0.3) is 0 Å². The Morgan fingerprint density at radius 2 is 2.24 bits per heavy atom. The van der Waals surface area contributed by atoms with Gasteiger partial charge in [-0.15, -0.1) is 0 Å². The van der Waals surface area contributed by atoms with Gasteiger partial charge >= 0.3 is 6.03 Å². The van der Waals surface area contributed by atoms with Crippen molar-refractivity contribution >= 4 is 11.8 Å². The van der Waals surface area contributed by atoms with Gasteiger partial charge in [0.2, 0.25) is 0 Å². The van der Waals surface area contributed by atoms with Gasteiger partial charge in [-0.2, -0.15) is 5.10 Å². The number of pyridine rings is 1. The van der Waals surface area contributed by atoms with Crippen LogP contribution < -0.4 is 15.5 Å². The minimum absolute atomic E-state index is 0.107. The molecule has 2 N–H and O–H groups in total. The first kappa shape index (κ1) is 17.3. The van der Waals surface area contributed by atoms with Gasteiger partial charge in [0.1, 0.15) is 5.82 Å². The number of aryl methyl sites for hydroxylation is 2. The summed E-state index contributed by atoms with van der Waals surface area (Å²) in [5, 5.41) is 10.2. The highest BCUT2D eigenvalue weighted by molar-refractivity contribution is 5.74. The number of carbonyl (C=O) groups excluding carboxylic acids is 1. The van der Waals surface area contributed by atoms with E-state index >= 15 is 0 Å². The summed E-state index contributed by atoms with van der Waals surface area (Å²) in [4.78, 5) is 18.9. The van der Waals surface area contributed by atoms with Crippen molar-refractivity contribution in [1.82, 2.24) is 25.4 Å². The molecule has 1 aliphatic rings. The molecule has 7 nitrogen and oxygen atoms in total. The summed E-state index contributed by atoms with van der Waals surface area (Å²) < 4.78 is 1.87. The second-order valence-corrected chi connectivity index (χ2v) is 6.52. The Labute approximate surface area is 148 Å². The second-order valence-electron chi connectivity index (χ2n) is 6.52. The molecule has 3 heterocycles. The highest BCUT2D eigenvalue weighted by Crippen LogP contribution is 2.18. The van der Waals surface area contributed by atoms with Gasteiger partial charge in [0, 0.05) is 56.6 Å². The Morgan fingerprint density at radius 1 is 1.36 bits per heavy atom. The SMILES string of the molecule is Cc1cccc(CCNC(=O)NC2CCCN(c3ccnn3C)C2)n1. The van der Waals surface area contributed by atoms with Crippen LogP contribution >= 0.6 is 0 Å². The monoisotopic (exact) mass is 342 g/mol. The molecule has 0 aliphatic carbocycles. The molecular formula is C18H26N6O. The first-order valence-corrected chi connectivity index (χ1v) is 8.81. The maximum absolute atomic E-state index is 12.1. The molecule has 1 aliphatic heterocycles. The van der Waals surface area contributed by atoms with Crippen LogP contribution in [-0.4, -0.2) is 46.5 Å². The lowest BCUT2D eigenvalue weighted by atomic mass is 10.1. The Morgan fingerprint density at radius 3 is 3.00 bits per heavy atom. The van der Waals surface area contributed by atoms with Crippen LogP contribution in [0.3, 0.4) is 0 Å². The molecule has 25 heavy (non-hydrogen) atoms. The molecule has 2 aromatic rings. The minimum atomic E-state index is -0.107. The number of nitrogens with zero attached hydrogens (tertiary/aromatic N) is 4. The van der Waals surface area contributed by atoms with Crippen molar-refractivity contribution in [3.8, 4) is 0 Å². The molecule has 7 heteroatoms. The quantitative estimate of drug-likeness (QED) is 0.866. The van der Waals surface area contributed by atoms with Crippen molar-refractivity contribution in [2.24, 2.45) is 7.05 Å². The van der Waals surface area contributed by atoms with Gasteiger partial charge in [0.15, 0.2) is 0 Å². The van der Waals surface area contributed by atoms with E-state index < -0.39 is 0 Å². The van der Waals surface area contributed by atoms with Crippen molar-refractivity contribution in [2.75, 3.05) is 24.5 Å². The summed E-state index contributed by atoms with van der Waals surface area (Å²) in [5.74, 6) is 1.09. The van der Waals surface area contributed by atoms with E-state index in [-0.39, 0.29) is 12.1 Å². The van der Waals surface area contributed by atoms with E-state index in [1.165, 1.54) is 0 Å². The van der Waals surface area contributed by atoms with Crippen molar-refractivity contribution < 1.29 is 4.79 Å². The highest BCUT2D eigenvalue weighted by Gasteiger charge is 2.22. The van der Waals surface area contributed by atoms with Crippen molar-refractivity contribution in [2.45, 2.75) is 32.2 Å². The number of piperidine rings is 1. The molecule has 1 saturated heterocycles. The normalized spacial score (nSPS) is 17.4. The highest BCUT2D eigenvalue weighted by atomic mass is 16.2. The molecule has 0 aromatic carbocycles. The fourth-order valence-electron chi connectivity index (χ4n) is 3.26. The maximum atomic E-state index is 12.1. The Bertz CT molecular complexity index is 713. The van der Waals surface area contributed by atoms with Gasteiger partial charge in [-0.05, 0) is 31.9 Å². The molecule has 0 spiro atoms. The number of hydrogen-bond donors (Lipinski definition) is 2. The third-order valence-corrected chi connectivity index (χ3v) is 4.49. The Kier molecular flexibility index (Phi) is 5.53. The Balaban J connectivity index is 1.44. The summed E-state index contributed by atoms with van der Waals surface area (Å²) in [6.07, 6.45) is 4.60. The number of amides is 2. The summed E-state index contributed by atoms with van der Waals surface area (Å²) in [6, 6.07) is 8.01. The third kappa shape index (κ3) is 4.71. The van der Waals surface area contributed by atoms with E-state index in [9.17, 15) is 4.79 Å². The molecule has 1 unspecified atom stereocenters. The molecule has 0 radical (unpaired) electrons. The minimum Gasteiger partial charge on any atom is -0.355 e. The lowest BCUT2D eigenvalue weighted by molar-refractivity contribution is 0.235. The predicted octanol–water partition coefficient (Wildman–Crippen LogP) is 1.63. The van der Waals surface area contributed by atoms with Crippen LogP contribution in [-0.2, 0) is 13.5 Å². The van der Waals surface area contributed by atoms with Crippen LogP contribution in [0.5, 0.6) is 0 Å². The first-order valence-electron chi connectivity index (χ1n) is 8.81. The lowest BCUT2D eigenvalue weighted by Crippen LogP contribution is -2.51. The maximum Gasteiger partial charge on any atom is 0.315 e. The Hall–Kier alpha value is -2.57. The molecule has 3 rings (SSSR count). The molecule has 0 bridgehead atoms. The standard InChI is InChI=1S/C18H26N6O/c1-14-5-3-6-15(21-14)8-10-19-18(25)22-16-7-4-12-24(13-16)17-9-11-20-23(17)2/h3,5-6,9,11,16H,4,7-8,10,12-13H2,1-2H3,(H2,19,22,25). The van der Waals surface area contributed by atoms with Gasteiger partial charge in [0.05, 0.1) is 6.20 Å². The molecule has 0 saturated carbocycles. The average molecular weight is 342 g/mol. The number of nitrogens with one attached hydrogen (secondary N) is 2. The number of carbonyl (C=O) groups is 1. The van der Waals surface area contributed by atoms with E-state index in [2.05, 4.69) is 25.6 Å². The number of aromatic nitrogens is 3. The summed E-state index contributed by atoms with van der Waals surface area (Å²) in [6.45, 7) is 4.37. The van der Waals surface area contributed by atoms with Crippen LogP contribution in [0, 0.1) is 6.92 Å². The van der Waals surface area contributed by atoms with Crippen LogP contribution in [0.4, 0.5) is 10.6 Å².